The summed E-state index contributed by atoms with van der Waals surface area (Å²) in [5, 5.41) is 16.0. The molecule has 1 saturated carbocycles. The largest absolute Gasteiger partial charge is 0.391 e. The highest BCUT2D eigenvalue weighted by Gasteiger charge is 2.22. The molecule has 0 unspecified atom stereocenters. The first kappa shape index (κ1) is 12.9. The van der Waals surface area contributed by atoms with Crippen LogP contribution in [0.2, 0.25) is 0 Å². The van der Waals surface area contributed by atoms with Crippen LogP contribution in [0.5, 0.6) is 0 Å². The lowest BCUT2D eigenvalue weighted by molar-refractivity contribution is -0.114. The Kier molecular flexibility index (Phi) is 4.20. The van der Waals surface area contributed by atoms with E-state index in [1.165, 1.54) is 13.3 Å². The maximum Gasteiger partial charge on any atom is 0.221 e. The molecule has 0 spiro atoms. The minimum Gasteiger partial charge on any atom is -0.391 e. The number of carbonyl (C=O) groups excluding carboxylic acids is 1. The number of hydrogen-bond donors (Lipinski definition) is 3. The van der Waals surface area contributed by atoms with Crippen molar-refractivity contribution < 1.29 is 9.90 Å². The summed E-state index contributed by atoms with van der Waals surface area (Å²) >= 11 is 0. The third-order valence-corrected chi connectivity index (χ3v) is 3.29. The van der Waals surface area contributed by atoms with Crippen LogP contribution >= 0.6 is 0 Å². The number of hydrogen-bond acceptors (Lipinski definition) is 3. The van der Waals surface area contributed by atoms with E-state index in [4.69, 9.17) is 0 Å². The van der Waals surface area contributed by atoms with Crippen molar-refractivity contribution in [3.05, 3.63) is 24.3 Å². The van der Waals surface area contributed by atoms with Gasteiger partial charge in [-0.05, 0) is 37.1 Å². The molecule has 2 atom stereocenters. The molecule has 4 nitrogen and oxygen atoms in total. The van der Waals surface area contributed by atoms with E-state index >= 15 is 0 Å². The maximum absolute atomic E-state index is 10.9. The summed E-state index contributed by atoms with van der Waals surface area (Å²) in [5.41, 5.74) is 1.77. The lowest BCUT2D eigenvalue weighted by Crippen LogP contribution is -2.36. The van der Waals surface area contributed by atoms with Crippen molar-refractivity contribution >= 4 is 17.3 Å². The van der Waals surface area contributed by atoms with Crippen LogP contribution in [-0.2, 0) is 4.79 Å². The zero-order valence-electron chi connectivity index (χ0n) is 10.6. The molecule has 0 bridgehead atoms. The summed E-state index contributed by atoms with van der Waals surface area (Å²) in [7, 11) is 0. The fourth-order valence-corrected chi connectivity index (χ4v) is 2.35. The molecule has 4 heteroatoms. The molecular weight excluding hydrogens is 228 g/mol. The minimum absolute atomic E-state index is 0.0709. The summed E-state index contributed by atoms with van der Waals surface area (Å²) < 4.78 is 0. The van der Waals surface area contributed by atoms with Crippen molar-refractivity contribution in [3.63, 3.8) is 0 Å². The van der Waals surface area contributed by atoms with E-state index in [9.17, 15) is 9.90 Å². The zero-order chi connectivity index (χ0) is 13.0. The first-order chi connectivity index (χ1) is 8.65. The van der Waals surface area contributed by atoms with Gasteiger partial charge in [0.05, 0.1) is 12.1 Å². The molecular formula is C14H20N2O2. The number of amides is 1. The van der Waals surface area contributed by atoms with Gasteiger partial charge in [-0.2, -0.15) is 0 Å². The Morgan fingerprint density at radius 3 is 2.39 bits per heavy atom. The molecule has 1 fully saturated rings. The summed E-state index contributed by atoms with van der Waals surface area (Å²) in [5.74, 6) is -0.0709. The Labute approximate surface area is 107 Å². The van der Waals surface area contributed by atoms with Gasteiger partial charge in [-0.1, -0.05) is 12.8 Å². The Bertz CT molecular complexity index is 403. The highest BCUT2D eigenvalue weighted by Crippen LogP contribution is 2.23. The molecule has 2 rings (SSSR count). The van der Waals surface area contributed by atoms with Gasteiger partial charge in [0, 0.05) is 18.3 Å². The molecule has 1 amide bonds. The molecule has 0 heterocycles. The lowest BCUT2D eigenvalue weighted by atomic mass is 9.92. The van der Waals surface area contributed by atoms with Crippen LogP contribution in [0.1, 0.15) is 32.6 Å². The predicted octanol–water partition coefficient (Wildman–Crippen LogP) is 2.36. The van der Waals surface area contributed by atoms with Crippen LogP contribution in [0.25, 0.3) is 0 Å². The highest BCUT2D eigenvalue weighted by molar-refractivity contribution is 5.88. The first-order valence-electron chi connectivity index (χ1n) is 6.47. The molecule has 1 aromatic carbocycles. The normalized spacial score (nSPS) is 23.4. The molecule has 18 heavy (non-hydrogen) atoms. The van der Waals surface area contributed by atoms with Gasteiger partial charge in [0.2, 0.25) is 5.91 Å². The summed E-state index contributed by atoms with van der Waals surface area (Å²) in [6.45, 7) is 1.49. The number of nitrogens with one attached hydrogen (secondary N) is 2. The predicted molar refractivity (Wildman–Crippen MR) is 72.6 cm³/mol. The molecule has 3 N–H and O–H groups in total. The van der Waals surface area contributed by atoms with Gasteiger partial charge in [-0.3, -0.25) is 4.79 Å². The van der Waals surface area contributed by atoms with Crippen LogP contribution < -0.4 is 10.6 Å². The fourth-order valence-electron chi connectivity index (χ4n) is 2.35. The van der Waals surface area contributed by atoms with Crippen LogP contribution in [0.15, 0.2) is 24.3 Å². The molecule has 0 aromatic heterocycles. The van der Waals surface area contributed by atoms with E-state index in [0.717, 1.165) is 30.6 Å². The van der Waals surface area contributed by atoms with Gasteiger partial charge in [0.1, 0.15) is 0 Å². The number of anilines is 2. The molecule has 1 aromatic rings. The number of aliphatic hydroxyl groups is 1. The minimum atomic E-state index is -0.256. The second-order valence-corrected chi connectivity index (χ2v) is 4.86. The van der Waals surface area contributed by atoms with Crippen molar-refractivity contribution in [1.82, 2.24) is 0 Å². The van der Waals surface area contributed by atoms with Crippen molar-refractivity contribution in [2.45, 2.75) is 44.8 Å². The number of rotatable bonds is 3. The molecule has 1 aliphatic rings. The first-order valence-corrected chi connectivity index (χ1v) is 6.47. The van der Waals surface area contributed by atoms with Crippen LogP contribution in [0.4, 0.5) is 11.4 Å². The van der Waals surface area contributed by atoms with Gasteiger partial charge in [0.25, 0.3) is 0 Å². The molecule has 0 radical (unpaired) electrons. The lowest BCUT2D eigenvalue weighted by Gasteiger charge is -2.29. The van der Waals surface area contributed by atoms with Gasteiger partial charge in [0.15, 0.2) is 0 Å². The van der Waals surface area contributed by atoms with E-state index < -0.39 is 0 Å². The highest BCUT2D eigenvalue weighted by atomic mass is 16.3. The molecule has 0 saturated heterocycles. The zero-order valence-corrected chi connectivity index (χ0v) is 10.6. The van der Waals surface area contributed by atoms with Crippen molar-refractivity contribution in [1.29, 1.82) is 0 Å². The number of carbonyl (C=O) groups is 1. The third-order valence-electron chi connectivity index (χ3n) is 3.29. The number of benzene rings is 1. The summed E-state index contributed by atoms with van der Waals surface area (Å²) in [4.78, 5) is 10.9. The van der Waals surface area contributed by atoms with Crippen LogP contribution in [-0.4, -0.2) is 23.2 Å². The average Bonchev–Trinajstić information content (AvgIpc) is 2.34. The monoisotopic (exact) mass is 248 g/mol. The smallest absolute Gasteiger partial charge is 0.221 e. The maximum atomic E-state index is 10.9. The molecule has 1 aliphatic carbocycles. The third kappa shape index (κ3) is 3.47. The van der Waals surface area contributed by atoms with Gasteiger partial charge >= 0.3 is 0 Å². The van der Waals surface area contributed by atoms with E-state index in [1.807, 2.05) is 24.3 Å². The molecule has 0 aliphatic heterocycles. The summed E-state index contributed by atoms with van der Waals surface area (Å²) in [6.07, 6.45) is 3.91. The van der Waals surface area contributed by atoms with Crippen molar-refractivity contribution in [2.24, 2.45) is 0 Å². The Morgan fingerprint density at radius 2 is 1.78 bits per heavy atom. The van der Waals surface area contributed by atoms with E-state index in [1.54, 1.807) is 0 Å². The Morgan fingerprint density at radius 1 is 1.17 bits per heavy atom. The fraction of sp³-hybridized carbons (Fsp3) is 0.500. The van der Waals surface area contributed by atoms with Gasteiger partial charge < -0.3 is 15.7 Å². The Hall–Kier alpha value is -1.55. The van der Waals surface area contributed by atoms with Crippen LogP contribution in [0, 0.1) is 0 Å². The quantitative estimate of drug-likeness (QED) is 0.769. The van der Waals surface area contributed by atoms with E-state index in [2.05, 4.69) is 10.6 Å². The number of aliphatic hydroxyl groups excluding tert-OH is 1. The van der Waals surface area contributed by atoms with Gasteiger partial charge in [-0.25, -0.2) is 0 Å². The van der Waals surface area contributed by atoms with Gasteiger partial charge in [-0.15, -0.1) is 0 Å². The second kappa shape index (κ2) is 5.87. The average molecular weight is 248 g/mol. The van der Waals surface area contributed by atoms with E-state index in [-0.39, 0.29) is 18.1 Å². The SMILES string of the molecule is CC(=O)Nc1ccc(N[C@@H]2CCCC[C@H]2O)cc1. The second-order valence-electron chi connectivity index (χ2n) is 4.86. The van der Waals surface area contributed by atoms with E-state index in [0.29, 0.717) is 0 Å². The van der Waals surface area contributed by atoms with Crippen molar-refractivity contribution in [2.75, 3.05) is 10.6 Å². The van der Waals surface area contributed by atoms with Crippen LogP contribution in [0.3, 0.4) is 0 Å². The Balaban J connectivity index is 1.95. The molecule has 98 valence electrons. The standard InChI is InChI=1S/C14H20N2O2/c1-10(17)15-11-6-8-12(9-7-11)16-13-4-2-3-5-14(13)18/h6-9,13-14,16,18H,2-5H2,1H3,(H,15,17)/t13-,14-/m1/s1. The van der Waals surface area contributed by atoms with Crippen molar-refractivity contribution in [3.8, 4) is 0 Å². The summed E-state index contributed by atoms with van der Waals surface area (Å²) in [6, 6.07) is 7.71. The topological polar surface area (TPSA) is 61.4 Å².